The standard InChI is InChI=1S/C22H30N2O6/c1-28-12-21(27)24-14-6-7-18-16(8-14)17-9-15(29-19(11-25)22(17)30-18)10-20(26)23-13-4-2-3-5-13/h6-8,13,15,17,19,22,25H,2-5,9-12H2,1H3,(H,23,26)(H,24,27)/t15-,17+,19-,22-/m1/s1. The molecule has 8 nitrogen and oxygen atoms in total. The summed E-state index contributed by atoms with van der Waals surface area (Å²) in [6, 6.07) is 5.79. The van der Waals surface area contributed by atoms with Crippen molar-refractivity contribution in [3.8, 4) is 5.75 Å². The van der Waals surface area contributed by atoms with Crippen molar-refractivity contribution in [1.82, 2.24) is 5.32 Å². The number of carbonyl (C=O) groups is 2. The number of fused-ring (bicyclic) bond motifs is 3. The highest BCUT2D eigenvalue weighted by Gasteiger charge is 2.46. The van der Waals surface area contributed by atoms with Crippen LogP contribution in [0.2, 0.25) is 0 Å². The maximum absolute atomic E-state index is 12.5. The SMILES string of the molecule is COCC(=O)Nc1ccc2c(c1)[C@@H]1C[C@H](CC(=O)NC3CCCC3)O[C@H](CO)[C@@H]1O2. The summed E-state index contributed by atoms with van der Waals surface area (Å²) in [6.45, 7) is -0.189. The quantitative estimate of drug-likeness (QED) is 0.623. The molecular formula is C22H30N2O6. The van der Waals surface area contributed by atoms with Gasteiger partial charge < -0.3 is 30.0 Å². The molecule has 1 aromatic rings. The van der Waals surface area contributed by atoms with E-state index in [9.17, 15) is 14.7 Å². The van der Waals surface area contributed by atoms with Gasteiger partial charge in [0.2, 0.25) is 11.8 Å². The summed E-state index contributed by atoms with van der Waals surface area (Å²) in [5.74, 6) is 0.499. The first-order chi connectivity index (χ1) is 14.6. The molecule has 4 rings (SSSR count). The Labute approximate surface area is 176 Å². The van der Waals surface area contributed by atoms with E-state index in [-0.39, 0.29) is 55.6 Å². The van der Waals surface area contributed by atoms with E-state index < -0.39 is 6.10 Å². The van der Waals surface area contributed by atoms with Gasteiger partial charge in [-0.3, -0.25) is 9.59 Å². The summed E-state index contributed by atoms with van der Waals surface area (Å²) in [5, 5.41) is 15.8. The van der Waals surface area contributed by atoms with Crippen LogP contribution >= 0.6 is 0 Å². The zero-order chi connectivity index (χ0) is 21.1. The smallest absolute Gasteiger partial charge is 0.250 e. The molecule has 3 N–H and O–H groups in total. The molecule has 2 fully saturated rings. The predicted octanol–water partition coefficient (Wildman–Crippen LogP) is 1.71. The maximum Gasteiger partial charge on any atom is 0.250 e. The molecular weight excluding hydrogens is 388 g/mol. The first-order valence-corrected chi connectivity index (χ1v) is 10.7. The van der Waals surface area contributed by atoms with E-state index in [0.29, 0.717) is 12.1 Å². The van der Waals surface area contributed by atoms with Gasteiger partial charge in [0.05, 0.1) is 19.1 Å². The van der Waals surface area contributed by atoms with Crippen LogP contribution in [0.15, 0.2) is 18.2 Å². The van der Waals surface area contributed by atoms with E-state index in [0.717, 1.165) is 24.2 Å². The van der Waals surface area contributed by atoms with Gasteiger partial charge in [-0.25, -0.2) is 0 Å². The average molecular weight is 418 g/mol. The first kappa shape index (κ1) is 21.1. The number of carbonyl (C=O) groups excluding carboxylic acids is 2. The number of hydrogen-bond donors (Lipinski definition) is 3. The number of aliphatic hydroxyl groups is 1. The molecule has 2 amide bonds. The van der Waals surface area contributed by atoms with Gasteiger partial charge in [0.1, 0.15) is 24.6 Å². The molecule has 0 spiro atoms. The average Bonchev–Trinajstić information content (AvgIpc) is 3.35. The van der Waals surface area contributed by atoms with Gasteiger partial charge in [-0.1, -0.05) is 12.8 Å². The minimum absolute atomic E-state index is 0.00163. The fourth-order valence-corrected chi connectivity index (χ4v) is 4.86. The molecule has 2 aliphatic heterocycles. The molecule has 0 unspecified atom stereocenters. The van der Waals surface area contributed by atoms with Gasteiger partial charge in [-0.05, 0) is 37.5 Å². The molecule has 0 bridgehead atoms. The van der Waals surface area contributed by atoms with Crippen LogP contribution < -0.4 is 15.4 Å². The molecule has 4 atom stereocenters. The van der Waals surface area contributed by atoms with E-state index in [4.69, 9.17) is 14.2 Å². The highest BCUT2D eigenvalue weighted by Crippen LogP contribution is 2.47. The van der Waals surface area contributed by atoms with Crippen LogP contribution in [0.1, 0.15) is 50.0 Å². The van der Waals surface area contributed by atoms with Crippen LogP contribution in [0.5, 0.6) is 5.75 Å². The van der Waals surface area contributed by atoms with Crippen LogP contribution in [0.4, 0.5) is 5.69 Å². The minimum atomic E-state index is -0.494. The number of rotatable bonds is 7. The fourth-order valence-electron chi connectivity index (χ4n) is 4.86. The Balaban J connectivity index is 1.45. The van der Waals surface area contributed by atoms with Crippen LogP contribution in [-0.4, -0.2) is 61.6 Å². The number of aliphatic hydroxyl groups excluding tert-OH is 1. The first-order valence-electron chi connectivity index (χ1n) is 10.7. The second-order valence-corrected chi connectivity index (χ2v) is 8.39. The molecule has 3 aliphatic rings. The Hall–Kier alpha value is -2.16. The Morgan fingerprint density at radius 3 is 2.77 bits per heavy atom. The highest BCUT2D eigenvalue weighted by atomic mass is 16.6. The summed E-state index contributed by atoms with van der Waals surface area (Å²) in [6.07, 6.45) is 4.23. The lowest BCUT2D eigenvalue weighted by Crippen LogP contribution is -2.47. The fraction of sp³-hybridized carbons (Fsp3) is 0.636. The molecule has 1 aliphatic carbocycles. The normalized spacial score (nSPS) is 27.8. The van der Waals surface area contributed by atoms with E-state index in [1.54, 1.807) is 6.07 Å². The number of ether oxygens (including phenoxy) is 3. The Bertz CT molecular complexity index is 779. The molecule has 2 heterocycles. The molecule has 0 radical (unpaired) electrons. The Kier molecular flexibility index (Phi) is 6.55. The summed E-state index contributed by atoms with van der Waals surface area (Å²) >= 11 is 0. The molecule has 30 heavy (non-hydrogen) atoms. The Morgan fingerprint density at radius 1 is 1.23 bits per heavy atom. The topological polar surface area (TPSA) is 106 Å². The molecule has 1 saturated heterocycles. The third-order valence-corrected chi connectivity index (χ3v) is 6.19. The van der Waals surface area contributed by atoms with Gasteiger partial charge in [0, 0.05) is 30.3 Å². The third-order valence-electron chi connectivity index (χ3n) is 6.19. The van der Waals surface area contributed by atoms with Gasteiger partial charge in [0.15, 0.2) is 0 Å². The number of benzene rings is 1. The predicted molar refractivity (Wildman–Crippen MR) is 109 cm³/mol. The van der Waals surface area contributed by atoms with Crippen LogP contribution in [0, 0.1) is 0 Å². The maximum atomic E-state index is 12.5. The van der Waals surface area contributed by atoms with Gasteiger partial charge >= 0.3 is 0 Å². The third kappa shape index (κ3) is 4.61. The van der Waals surface area contributed by atoms with Crippen LogP contribution in [-0.2, 0) is 19.1 Å². The van der Waals surface area contributed by atoms with Crippen molar-refractivity contribution >= 4 is 17.5 Å². The number of methoxy groups -OCH3 is 1. The monoisotopic (exact) mass is 418 g/mol. The summed E-state index contributed by atoms with van der Waals surface area (Å²) in [5.41, 5.74) is 1.64. The molecule has 164 valence electrons. The number of nitrogens with one attached hydrogen (secondary N) is 2. The zero-order valence-electron chi connectivity index (χ0n) is 17.3. The van der Waals surface area contributed by atoms with Crippen LogP contribution in [0.3, 0.4) is 0 Å². The second-order valence-electron chi connectivity index (χ2n) is 8.39. The van der Waals surface area contributed by atoms with Crippen molar-refractivity contribution < 1.29 is 28.9 Å². The highest BCUT2D eigenvalue weighted by molar-refractivity contribution is 5.91. The second kappa shape index (κ2) is 9.32. The molecule has 1 saturated carbocycles. The van der Waals surface area contributed by atoms with Gasteiger partial charge in [-0.15, -0.1) is 0 Å². The van der Waals surface area contributed by atoms with E-state index in [1.807, 2.05) is 12.1 Å². The minimum Gasteiger partial charge on any atom is -0.487 e. The largest absolute Gasteiger partial charge is 0.487 e. The van der Waals surface area contributed by atoms with Gasteiger partial charge in [0.25, 0.3) is 0 Å². The van der Waals surface area contributed by atoms with Crippen molar-refractivity contribution in [3.63, 3.8) is 0 Å². The van der Waals surface area contributed by atoms with Crippen molar-refractivity contribution in [1.29, 1.82) is 0 Å². The van der Waals surface area contributed by atoms with E-state index >= 15 is 0 Å². The lowest BCUT2D eigenvalue weighted by molar-refractivity contribution is -0.142. The lowest BCUT2D eigenvalue weighted by atomic mass is 9.84. The van der Waals surface area contributed by atoms with E-state index in [1.165, 1.54) is 20.0 Å². The number of hydrogen-bond acceptors (Lipinski definition) is 6. The van der Waals surface area contributed by atoms with Gasteiger partial charge in [-0.2, -0.15) is 0 Å². The van der Waals surface area contributed by atoms with Crippen LogP contribution in [0.25, 0.3) is 0 Å². The van der Waals surface area contributed by atoms with Crippen molar-refractivity contribution in [2.24, 2.45) is 0 Å². The Morgan fingerprint density at radius 2 is 2.03 bits per heavy atom. The van der Waals surface area contributed by atoms with E-state index in [2.05, 4.69) is 10.6 Å². The van der Waals surface area contributed by atoms with Crippen molar-refractivity contribution in [2.45, 2.75) is 68.8 Å². The van der Waals surface area contributed by atoms with Crippen molar-refractivity contribution in [2.75, 3.05) is 25.6 Å². The molecule has 0 aromatic heterocycles. The molecule has 1 aromatic carbocycles. The summed E-state index contributed by atoms with van der Waals surface area (Å²) in [7, 11) is 1.47. The number of anilines is 1. The lowest BCUT2D eigenvalue weighted by Gasteiger charge is -2.37. The van der Waals surface area contributed by atoms with Crippen molar-refractivity contribution in [3.05, 3.63) is 23.8 Å². The summed E-state index contributed by atoms with van der Waals surface area (Å²) < 4.78 is 16.9. The summed E-state index contributed by atoms with van der Waals surface area (Å²) in [4.78, 5) is 24.3. The number of amides is 2. The molecule has 8 heteroatoms. The zero-order valence-corrected chi connectivity index (χ0v) is 17.3.